The maximum absolute atomic E-state index is 13.0. The van der Waals surface area contributed by atoms with Gasteiger partial charge in [-0.25, -0.2) is 4.79 Å². The quantitative estimate of drug-likeness (QED) is 0.754. The number of piperidine rings is 1. The second-order valence-corrected chi connectivity index (χ2v) is 9.01. The summed E-state index contributed by atoms with van der Waals surface area (Å²) in [6.45, 7) is 8.96. The molecule has 0 spiro atoms. The number of aryl methyl sites for hydroxylation is 1. The van der Waals surface area contributed by atoms with Gasteiger partial charge in [0.05, 0.1) is 6.54 Å². The van der Waals surface area contributed by atoms with E-state index in [4.69, 9.17) is 4.74 Å². The Balaban J connectivity index is 1.75. The Morgan fingerprint density at radius 1 is 1.03 bits per heavy atom. The summed E-state index contributed by atoms with van der Waals surface area (Å²) in [6, 6.07) is 17.8. The zero-order valence-corrected chi connectivity index (χ0v) is 18.4. The Kier molecular flexibility index (Phi) is 6.80. The zero-order valence-electron chi connectivity index (χ0n) is 18.4. The molecule has 160 valence electrons. The number of carbonyl (C=O) groups is 2. The molecule has 2 aromatic carbocycles. The Bertz CT molecular complexity index is 856. The summed E-state index contributed by atoms with van der Waals surface area (Å²) in [5, 5.41) is 2.77. The van der Waals surface area contributed by atoms with E-state index < -0.39 is 11.5 Å². The summed E-state index contributed by atoms with van der Waals surface area (Å²) < 4.78 is 5.74. The lowest BCUT2D eigenvalue weighted by molar-refractivity contribution is -0.143. The van der Waals surface area contributed by atoms with Crippen molar-refractivity contribution in [1.82, 2.24) is 4.90 Å². The number of benzene rings is 2. The van der Waals surface area contributed by atoms with Gasteiger partial charge in [0.25, 0.3) is 0 Å². The van der Waals surface area contributed by atoms with Crippen molar-refractivity contribution in [2.24, 2.45) is 5.41 Å². The molecule has 0 saturated carbocycles. The van der Waals surface area contributed by atoms with Crippen molar-refractivity contribution in [3.63, 3.8) is 0 Å². The van der Waals surface area contributed by atoms with Gasteiger partial charge in [-0.15, -0.1) is 0 Å². The number of hydrogen-bond acceptors (Lipinski definition) is 3. The largest absolute Gasteiger partial charge is 0.444 e. The van der Waals surface area contributed by atoms with E-state index >= 15 is 0 Å². The monoisotopic (exact) mass is 408 g/mol. The van der Waals surface area contributed by atoms with Crippen LogP contribution < -0.4 is 5.32 Å². The molecular formula is C25H32N2O3. The molecule has 1 aliphatic rings. The molecule has 2 unspecified atom stereocenters. The fraction of sp³-hybridized carbons (Fsp3) is 0.440. The number of nitrogens with zero attached hydrogens (tertiary/aromatic N) is 1. The first-order valence-electron chi connectivity index (χ1n) is 10.7. The molecule has 2 atom stereocenters. The van der Waals surface area contributed by atoms with Crippen LogP contribution in [0.2, 0.25) is 0 Å². The lowest BCUT2D eigenvalue weighted by Crippen LogP contribution is -2.50. The van der Waals surface area contributed by atoms with Crippen LogP contribution in [0.3, 0.4) is 0 Å². The first kappa shape index (κ1) is 21.9. The van der Waals surface area contributed by atoms with Gasteiger partial charge in [-0.3, -0.25) is 10.1 Å². The van der Waals surface area contributed by atoms with Gasteiger partial charge in [0.1, 0.15) is 6.10 Å². The van der Waals surface area contributed by atoms with E-state index in [2.05, 4.69) is 36.5 Å². The van der Waals surface area contributed by atoms with Crippen molar-refractivity contribution < 1.29 is 14.3 Å². The maximum Gasteiger partial charge on any atom is 0.411 e. The molecular weight excluding hydrogens is 376 g/mol. The number of amides is 2. The summed E-state index contributed by atoms with van der Waals surface area (Å²) in [7, 11) is 0. The van der Waals surface area contributed by atoms with E-state index in [0.29, 0.717) is 25.2 Å². The van der Waals surface area contributed by atoms with Crippen LogP contribution in [0.15, 0.2) is 54.6 Å². The minimum Gasteiger partial charge on any atom is -0.444 e. The van der Waals surface area contributed by atoms with Gasteiger partial charge in [0.2, 0.25) is 5.91 Å². The highest BCUT2D eigenvalue weighted by molar-refractivity contribution is 5.85. The average molecular weight is 409 g/mol. The molecule has 0 aromatic heterocycles. The molecule has 1 saturated heterocycles. The molecule has 0 bridgehead atoms. The molecule has 2 amide bonds. The van der Waals surface area contributed by atoms with Crippen LogP contribution in [0, 0.1) is 5.41 Å². The third kappa shape index (κ3) is 5.62. The Hall–Kier alpha value is -2.82. The van der Waals surface area contributed by atoms with Crippen molar-refractivity contribution in [2.45, 2.75) is 52.6 Å². The molecule has 1 N–H and O–H groups in total. The van der Waals surface area contributed by atoms with E-state index in [0.717, 1.165) is 6.42 Å². The van der Waals surface area contributed by atoms with Crippen molar-refractivity contribution in [3.05, 3.63) is 65.7 Å². The molecule has 1 fully saturated rings. The molecule has 3 rings (SSSR count). The summed E-state index contributed by atoms with van der Waals surface area (Å²) in [5.74, 6) is 0.208. The van der Waals surface area contributed by atoms with Gasteiger partial charge in [-0.1, -0.05) is 70.2 Å². The average Bonchev–Trinajstić information content (AvgIpc) is 2.73. The van der Waals surface area contributed by atoms with Crippen molar-refractivity contribution in [3.8, 4) is 0 Å². The molecule has 5 heteroatoms. The molecule has 0 aliphatic carbocycles. The summed E-state index contributed by atoms with van der Waals surface area (Å²) in [6.07, 6.45) is 0.841. The van der Waals surface area contributed by atoms with Crippen molar-refractivity contribution in [1.29, 1.82) is 0 Å². The number of nitrogens with one attached hydrogen (secondary N) is 1. The summed E-state index contributed by atoms with van der Waals surface area (Å²) in [5.41, 5.74) is 2.67. The molecule has 0 radical (unpaired) electrons. The lowest BCUT2D eigenvalue weighted by Gasteiger charge is -2.40. The SMILES string of the molecule is CCc1ccc(C2CC(OC(=O)Nc3ccccc3)CN(C(=O)C(C)(C)C)C2)cc1. The highest BCUT2D eigenvalue weighted by Gasteiger charge is 2.36. The van der Waals surface area contributed by atoms with Crippen LogP contribution in [0.4, 0.5) is 10.5 Å². The molecule has 2 aromatic rings. The normalized spacial score (nSPS) is 19.3. The first-order chi connectivity index (χ1) is 14.3. The van der Waals surface area contributed by atoms with Crippen LogP contribution >= 0.6 is 0 Å². The van der Waals surface area contributed by atoms with Gasteiger partial charge in [0.15, 0.2) is 0 Å². The van der Waals surface area contributed by atoms with E-state index in [1.807, 2.05) is 56.0 Å². The second-order valence-electron chi connectivity index (χ2n) is 9.01. The molecule has 5 nitrogen and oxygen atoms in total. The van der Waals surface area contributed by atoms with Crippen LogP contribution in [0.5, 0.6) is 0 Å². The van der Waals surface area contributed by atoms with Crippen LogP contribution in [-0.4, -0.2) is 36.1 Å². The van der Waals surface area contributed by atoms with E-state index in [1.54, 1.807) is 0 Å². The van der Waals surface area contributed by atoms with Gasteiger partial charge < -0.3 is 9.64 Å². The van der Waals surface area contributed by atoms with E-state index in [1.165, 1.54) is 11.1 Å². The molecule has 1 aliphatic heterocycles. The first-order valence-corrected chi connectivity index (χ1v) is 10.7. The number of para-hydroxylation sites is 1. The summed E-state index contributed by atoms with van der Waals surface area (Å²) in [4.78, 5) is 27.3. The van der Waals surface area contributed by atoms with Gasteiger partial charge in [-0.05, 0) is 36.1 Å². The van der Waals surface area contributed by atoms with Crippen LogP contribution in [0.25, 0.3) is 0 Å². The zero-order chi connectivity index (χ0) is 21.7. The maximum atomic E-state index is 13.0. The number of rotatable bonds is 4. The van der Waals surface area contributed by atoms with Gasteiger partial charge >= 0.3 is 6.09 Å². The fourth-order valence-electron chi connectivity index (χ4n) is 3.87. The predicted molar refractivity (Wildman–Crippen MR) is 120 cm³/mol. The van der Waals surface area contributed by atoms with Crippen LogP contribution in [0.1, 0.15) is 51.2 Å². The molecule has 30 heavy (non-hydrogen) atoms. The number of ether oxygens (including phenoxy) is 1. The van der Waals surface area contributed by atoms with Crippen molar-refractivity contribution in [2.75, 3.05) is 18.4 Å². The Morgan fingerprint density at radius 2 is 1.70 bits per heavy atom. The third-order valence-electron chi connectivity index (χ3n) is 5.49. The standard InChI is InChI=1S/C25H32N2O3/c1-5-18-11-13-19(14-12-18)20-15-22(17-27(16-20)23(28)25(2,3)4)30-24(29)26-21-9-7-6-8-10-21/h6-14,20,22H,5,15-17H2,1-4H3,(H,26,29). The smallest absolute Gasteiger partial charge is 0.411 e. The number of carbonyl (C=O) groups excluding carboxylic acids is 2. The molecule has 1 heterocycles. The predicted octanol–water partition coefficient (Wildman–Crippen LogP) is 5.23. The van der Waals surface area contributed by atoms with E-state index in [-0.39, 0.29) is 17.9 Å². The lowest BCUT2D eigenvalue weighted by atomic mass is 9.86. The highest BCUT2D eigenvalue weighted by Crippen LogP contribution is 2.31. The highest BCUT2D eigenvalue weighted by atomic mass is 16.6. The van der Waals surface area contributed by atoms with Gasteiger partial charge in [0, 0.05) is 23.6 Å². The second kappa shape index (κ2) is 9.33. The number of likely N-dealkylation sites (tertiary alicyclic amines) is 1. The fourth-order valence-corrected chi connectivity index (χ4v) is 3.87. The van der Waals surface area contributed by atoms with Gasteiger partial charge in [-0.2, -0.15) is 0 Å². The van der Waals surface area contributed by atoms with E-state index in [9.17, 15) is 9.59 Å². The minimum atomic E-state index is -0.490. The third-order valence-corrected chi connectivity index (χ3v) is 5.49. The summed E-state index contributed by atoms with van der Waals surface area (Å²) >= 11 is 0. The van der Waals surface area contributed by atoms with Crippen LogP contribution in [-0.2, 0) is 16.0 Å². The minimum absolute atomic E-state index is 0.0782. The Morgan fingerprint density at radius 3 is 2.30 bits per heavy atom. The number of hydrogen-bond donors (Lipinski definition) is 1. The topological polar surface area (TPSA) is 58.6 Å². The van der Waals surface area contributed by atoms with Crippen molar-refractivity contribution >= 4 is 17.7 Å². The Labute approximate surface area is 179 Å². The number of anilines is 1.